The highest BCUT2D eigenvalue weighted by Crippen LogP contribution is 2.13. The SMILES string of the molecule is CC(C)C(CCO)NC(=O)c1ccc(NCc2cnn(C)c2)cc1. The molecule has 1 unspecified atom stereocenters. The van der Waals surface area contributed by atoms with Gasteiger partial charge in [0.05, 0.1) is 6.20 Å². The predicted octanol–water partition coefficient (Wildman–Crippen LogP) is 2.17. The van der Waals surface area contributed by atoms with Gasteiger partial charge in [0.1, 0.15) is 0 Å². The van der Waals surface area contributed by atoms with E-state index in [2.05, 4.69) is 15.7 Å². The van der Waals surface area contributed by atoms with E-state index in [1.807, 2.05) is 45.4 Å². The first-order chi connectivity index (χ1) is 11.5. The summed E-state index contributed by atoms with van der Waals surface area (Å²) >= 11 is 0. The molecule has 3 N–H and O–H groups in total. The van der Waals surface area contributed by atoms with Gasteiger partial charge in [0.25, 0.3) is 5.91 Å². The molecule has 0 saturated heterocycles. The Balaban J connectivity index is 1.91. The summed E-state index contributed by atoms with van der Waals surface area (Å²) in [7, 11) is 1.89. The number of aliphatic hydroxyl groups is 1. The maximum Gasteiger partial charge on any atom is 0.251 e. The molecule has 1 aromatic heterocycles. The minimum Gasteiger partial charge on any atom is -0.396 e. The van der Waals surface area contributed by atoms with Crippen molar-refractivity contribution in [3.63, 3.8) is 0 Å². The fourth-order valence-corrected chi connectivity index (χ4v) is 2.47. The van der Waals surface area contributed by atoms with Gasteiger partial charge in [0, 0.05) is 49.3 Å². The number of carbonyl (C=O) groups is 1. The Labute approximate surface area is 142 Å². The lowest BCUT2D eigenvalue weighted by atomic mass is 10.0. The van der Waals surface area contributed by atoms with E-state index in [0.717, 1.165) is 11.3 Å². The molecule has 1 heterocycles. The molecule has 6 heteroatoms. The lowest BCUT2D eigenvalue weighted by Gasteiger charge is -2.21. The van der Waals surface area contributed by atoms with E-state index < -0.39 is 0 Å². The molecular weight excluding hydrogens is 304 g/mol. The average molecular weight is 330 g/mol. The quantitative estimate of drug-likeness (QED) is 0.693. The van der Waals surface area contributed by atoms with Crippen molar-refractivity contribution in [1.29, 1.82) is 0 Å². The number of hydrogen-bond acceptors (Lipinski definition) is 4. The van der Waals surface area contributed by atoms with Crippen LogP contribution in [0.4, 0.5) is 5.69 Å². The largest absolute Gasteiger partial charge is 0.396 e. The van der Waals surface area contributed by atoms with Crippen molar-refractivity contribution in [2.75, 3.05) is 11.9 Å². The van der Waals surface area contributed by atoms with Crippen LogP contribution < -0.4 is 10.6 Å². The summed E-state index contributed by atoms with van der Waals surface area (Å²) in [5.74, 6) is 0.169. The number of aromatic nitrogens is 2. The summed E-state index contributed by atoms with van der Waals surface area (Å²) in [6.07, 6.45) is 4.35. The van der Waals surface area contributed by atoms with Crippen LogP contribution in [0.5, 0.6) is 0 Å². The summed E-state index contributed by atoms with van der Waals surface area (Å²) in [6, 6.07) is 7.36. The van der Waals surface area contributed by atoms with Crippen LogP contribution >= 0.6 is 0 Å². The van der Waals surface area contributed by atoms with Crippen molar-refractivity contribution >= 4 is 11.6 Å². The number of nitrogens with one attached hydrogen (secondary N) is 2. The smallest absolute Gasteiger partial charge is 0.251 e. The van der Waals surface area contributed by atoms with Crippen LogP contribution in [0.15, 0.2) is 36.7 Å². The molecule has 0 bridgehead atoms. The summed E-state index contributed by atoms with van der Waals surface area (Å²) < 4.78 is 1.77. The van der Waals surface area contributed by atoms with Crippen LogP contribution in [0.2, 0.25) is 0 Å². The Hall–Kier alpha value is -2.34. The fraction of sp³-hybridized carbons (Fsp3) is 0.444. The molecule has 0 spiro atoms. The number of carbonyl (C=O) groups excluding carboxylic acids is 1. The highest BCUT2D eigenvalue weighted by Gasteiger charge is 2.16. The van der Waals surface area contributed by atoms with Crippen molar-refractivity contribution in [2.24, 2.45) is 13.0 Å². The molecule has 0 aliphatic carbocycles. The number of rotatable bonds is 8. The third-order valence-electron chi connectivity index (χ3n) is 3.96. The number of amides is 1. The normalized spacial score (nSPS) is 12.2. The molecule has 1 atom stereocenters. The van der Waals surface area contributed by atoms with Gasteiger partial charge in [0.2, 0.25) is 0 Å². The highest BCUT2D eigenvalue weighted by atomic mass is 16.3. The molecule has 6 nitrogen and oxygen atoms in total. The Bertz CT molecular complexity index is 649. The summed E-state index contributed by atoms with van der Waals surface area (Å²) in [6.45, 7) is 4.82. The molecule has 1 amide bonds. The molecule has 2 rings (SSSR count). The van der Waals surface area contributed by atoms with E-state index in [1.54, 1.807) is 16.8 Å². The maximum absolute atomic E-state index is 12.3. The lowest BCUT2D eigenvalue weighted by molar-refractivity contribution is 0.0916. The number of anilines is 1. The summed E-state index contributed by atoms with van der Waals surface area (Å²) in [5.41, 5.74) is 2.67. The Kier molecular flexibility index (Phi) is 6.37. The van der Waals surface area contributed by atoms with Gasteiger partial charge in [-0.1, -0.05) is 13.8 Å². The van der Waals surface area contributed by atoms with Crippen molar-refractivity contribution in [2.45, 2.75) is 32.9 Å². The zero-order chi connectivity index (χ0) is 17.5. The predicted molar refractivity (Wildman–Crippen MR) is 94.8 cm³/mol. The second-order valence-electron chi connectivity index (χ2n) is 6.29. The molecule has 2 aromatic rings. The van der Waals surface area contributed by atoms with E-state index >= 15 is 0 Å². The fourth-order valence-electron chi connectivity index (χ4n) is 2.47. The van der Waals surface area contributed by atoms with Gasteiger partial charge < -0.3 is 15.7 Å². The standard InChI is InChI=1S/C18H26N4O2/c1-13(2)17(8-9-23)21-18(24)15-4-6-16(7-5-15)19-10-14-11-20-22(3)12-14/h4-7,11-13,17,19,23H,8-10H2,1-3H3,(H,21,24). The minimum absolute atomic E-state index is 0.0223. The first kappa shape index (κ1) is 18.0. The van der Waals surface area contributed by atoms with Gasteiger partial charge in [-0.25, -0.2) is 0 Å². The van der Waals surface area contributed by atoms with Crippen LogP contribution in [0, 0.1) is 5.92 Å². The van der Waals surface area contributed by atoms with Gasteiger partial charge >= 0.3 is 0 Å². The van der Waals surface area contributed by atoms with Crippen LogP contribution in [0.1, 0.15) is 36.2 Å². The molecule has 0 saturated carbocycles. The van der Waals surface area contributed by atoms with Crippen LogP contribution in [0.3, 0.4) is 0 Å². The third-order valence-corrected chi connectivity index (χ3v) is 3.96. The zero-order valence-corrected chi connectivity index (χ0v) is 14.5. The van der Waals surface area contributed by atoms with Crippen molar-refractivity contribution in [1.82, 2.24) is 15.1 Å². The molecule has 24 heavy (non-hydrogen) atoms. The number of hydrogen-bond donors (Lipinski definition) is 3. The first-order valence-electron chi connectivity index (χ1n) is 8.22. The van der Waals surface area contributed by atoms with Gasteiger partial charge in [0.15, 0.2) is 0 Å². The van der Waals surface area contributed by atoms with Gasteiger partial charge in [-0.05, 0) is 36.6 Å². The van der Waals surface area contributed by atoms with E-state index in [-0.39, 0.29) is 24.5 Å². The number of benzene rings is 1. The summed E-state index contributed by atoms with van der Waals surface area (Å²) in [5, 5.41) is 19.5. The Morgan fingerprint density at radius 2 is 2.00 bits per heavy atom. The second-order valence-corrected chi connectivity index (χ2v) is 6.29. The highest BCUT2D eigenvalue weighted by molar-refractivity contribution is 5.94. The maximum atomic E-state index is 12.3. The number of aliphatic hydroxyl groups excluding tert-OH is 1. The molecular formula is C18H26N4O2. The van der Waals surface area contributed by atoms with E-state index in [1.165, 1.54) is 0 Å². The number of aryl methyl sites for hydroxylation is 1. The van der Waals surface area contributed by atoms with E-state index in [4.69, 9.17) is 5.11 Å². The van der Waals surface area contributed by atoms with Crippen LogP contribution in [0.25, 0.3) is 0 Å². The molecule has 1 aromatic carbocycles. The van der Waals surface area contributed by atoms with Crippen LogP contribution in [-0.4, -0.2) is 33.4 Å². The average Bonchev–Trinajstić information content (AvgIpc) is 2.98. The zero-order valence-electron chi connectivity index (χ0n) is 14.5. The molecule has 0 radical (unpaired) electrons. The Morgan fingerprint density at radius 3 is 2.54 bits per heavy atom. The monoisotopic (exact) mass is 330 g/mol. The van der Waals surface area contributed by atoms with Gasteiger partial charge in [-0.15, -0.1) is 0 Å². The van der Waals surface area contributed by atoms with Crippen molar-refractivity contribution < 1.29 is 9.90 Å². The molecule has 0 aliphatic heterocycles. The molecule has 0 aliphatic rings. The first-order valence-corrected chi connectivity index (χ1v) is 8.22. The molecule has 0 fully saturated rings. The summed E-state index contributed by atoms with van der Waals surface area (Å²) in [4.78, 5) is 12.3. The lowest BCUT2D eigenvalue weighted by Crippen LogP contribution is -2.39. The second kappa shape index (κ2) is 8.49. The minimum atomic E-state index is -0.110. The topological polar surface area (TPSA) is 79.2 Å². The van der Waals surface area contributed by atoms with Crippen molar-refractivity contribution in [3.8, 4) is 0 Å². The van der Waals surface area contributed by atoms with Gasteiger partial charge in [-0.3, -0.25) is 9.48 Å². The Morgan fingerprint density at radius 1 is 1.29 bits per heavy atom. The van der Waals surface area contributed by atoms with E-state index in [0.29, 0.717) is 18.5 Å². The molecule has 130 valence electrons. The van der Waals surface area contributed by atoms with E-state index in [9.17, 15) is 4.79 Å². The van der Waals surface area contributed by atoms with Crippen LogP contribution in [-0.2, 0) is 13.6 Å². The third kappa shape index (κ3) is 5.09. The van der Waals surface area contributed by atoms with Crippen molar-refractivity contribution in [3.05, 3.63) is 47.8 Å². The number of nitrogens with zero attached hydrogens (tertiary/aromatic N) is 2. The van der Waals surface area contributed by atoms with Gasteiger partial charge in [-0.2, -0.15) is 5.10 Å².